The fourth-order valence-electron chi connectivity index (χ4n) is 4.55. The first-order valence-corrected chi connectivity index (χ1v) is 14.9. The molecular formula is C30H27N3O3S2. The lowest BCUT2D eigenvalue weighted by atomic mass is 9.94. The minimum atomic E-state index is -3.39. The lowest BCUT2D eigenvalue weighted by molar-refractivity contribution is 0.306. The molecule has 1 aliphatic heterocycles. The quantitative estimate of drug-likeness (QED) is 0.222. The van der Waals surface area contributed by atoms with E-state index in [2.05, 4.69) is 27.3 Å². The molecule has 1 aromatic heterocycles. The van der Waals surface area contributed by atoms with E-state index in [9.17, 15) is 8.42 Å². The van der Waals surface area contributed by atoms with Gasteiger partial charge in [-0.25, -0.2) is 8.42 Å². The third-order valence-corrected chi connectivity index (χ3v) is 9.42. The summed E-state index contributed by atoms with van der Waals surface area (Å²) in [7, 11) is -3.39. The summed E-state index contributed by atoms with van der Waals surface area (Å²) in [4.78, 5) is 0. The van der Waals surface area contributed by atoms with Crippen molar-refractivity contribution >= 4 is 37.0 Å². The molecule has 8 heteroatoms. The SMILES string of the molecule is CC#C[C@@H](CC1=NN=NC1)c1ccc(OCc2ccc3sc(S(C)(=O)=O)c(-c4ccccc4C)c3c2)cc1. The summed E-state index contributed by atoms with van der Waals surface area (Å²) in [6.07, 6.45) is 1.98. The van der Waals surface area contributed by atoms with E-state index in [-0.39, 0.29) is 5.92 Å². The number of benzene rings is 3. The van der Waals surface area contributed by atoms with Crippen LogP contribution in [-0.2, 0) is 16.4 Å². The highest BCUT2D eigenvalue weighted by Gasteiger charge is 2.23. The Morgan fingerprint density at radius 1 is 1.08 bits per heavy atom. The Balaban J connectivity index is 1.39. The van der Waals surface area contributed by atoms with Gasteiger partial charge in [-0.15, -0.1) is 22.4 Å². The zero-order valence-corrected chi connectivity index (χ0v) is 23.1. The average Bonchev–Trinajstić information content (AvgIpc) is 3.55. The van der Waals surface area contributed by atoms with Gasteiger partial charge in [-0.1, -0.05) is 48.4 Å². The fourth-order valence-corrected chi connectivity index (χ4v) is 6.95. The second-order valence-corrected chi connectivity index (χ2v) is 12.5. The van der Waals surface area contributed by atoms with Crippen molar-refractivity contribution < 1.29 is 13.2 Å². The van der Waals surface area contributed by atoms with Crippen LogP contribution in [0.25, 0.3) is 21.2 Å². The number of thiophene rings is 1. The van der Waals surface area contributed by atoms with Crippen LogP contribution < -0.4 is 4.74 Å². The summed E-state index contributed by atoms with van der Waals surface area (Å²) in [6.45, 7) is 4.74. The molecule has 0 N–H and O–H groups in total. The summed E-state index contributed by atoms with van der Waals surface area (Å²) in [6, 6.07) is 21.9. The Kier molecular flexibility index (Phi) is 7.41. The Labute approximate surface area is 227 Å². The number of sulfone groups is 1. The van der Waals surface area contributed by atoms with E-state index in [0.717, 1.165) is 49.4 Å². The highest BCUT2D eigenvalue weighted by Crippen LogP contribution is 2.43. The molecule has 0 radical (unpaired) electrons. The summed E-state index contributed by atoms with van der Waals surface area (Å²) in [5.41, 5.74) is 5.74. The zero-order chi connectivity index (χ0) is 26.7. The number of hydrogen-bond acceptors (Lipinski definition) is 7. The third kappa shape index (κ3) is 5.54. The predicted octanol–water partition coefficient (Wildman–Crippen LogP) is 7.18. The number of ether oxygens (including phenoxy) is 1. The van der Waals surface area contributed by atoms with Crippen molar-refractivity contribution in [3.63, 3.8) is 0 Å². The highest BCUT2D eigenvalue weighted by atomic mass is 32.2. The van der Waals surface area contributed by atoms with Crippen molar-refractivity contribution in [2.45, 2.75) is 37.0 Å². The van der Waals surface area contributed by atoms with E-state index in [1.807, 2.05) is 80.6 Å². The van der Waals surface area contributed by atoms with Gasteiger partial charge < -0.3 is 4.74 Å². The average molecular weight is 542 g/mol. The van der Waals surface area contributed by atoms with Crippen molar-refractivity contribution in [1.29, 1.82) is 0 Å². The van der Waals surface area contributed by atoms with Gasteiger partial charge in [-0.05, 0) is 65.6 Å². The Bertz CT molecular complexity index is 1720. The molecule has 5 rings (SSSR count). The van der Waals surface area contributed by atoms with E-state index in [1.165, 1.54) is 17.6 Å². The molecule has 0 aliphatic carbocycles. The summed E-state index contributed by atoms with van der Waals surface area (Å²) in [5, 5.41) is 12.6. The Morgan fingerprint density at radius 2 is 1.87 bits per heavy atom. The number of hydrogen-bond donors (Lipinski definition) is 0. The second-order valence-electron chi connectivity index (χ2n) is 9.25. The molecule has 0 spiro atoms. The topological polar surface area (TPSA) is 80.5 Å². The molecule has 2 heterocycles. The van der Waals surface area contributed by atoms with Crippen molar-refractivity contribution in [2.75, 3.05) is 12.8 Å². The maximum Gasteiger partial charge on any atom is 0.185 e. The summed E-state index contributed by atoms with van der Waals surface area (Å²) >= 11 is 1.32. The lowest BCUT2D eigenvalue weighted by Crippen LogP contribution is -2.07. The van der Waals surface area contributed by atoms with Crippen molar-refractivity contribution in [1.82, 2.24) is 0 Å². The van der Waals surface area contributed by atoms with Gasteiger partial charge in [0.2, 0.25) is 0 Å². The summed E-state index contributed by atoms with van der Waals surface area (Å²) in [5.74, 6) is 7.05. The molecule has 0 amide bonds. The summed E-state index contributed by atoms with van der Waals surface area (Å²) < 4.78 is 32.8. The Hall–Kier alpha value is -3.80. The third-order valence-electron chi connectivity index (χ3n) is 6.42. The maximum atomic E-state index is 12.7. The molecule has 6 nitrogen and oxygen atoms in total. The van der Waals surface area contributed by atoms with E-state index < -0.39 is 9.84 Å². The minimum Gasteiger partial charge on any atom is -0.489 e. The minimum absolute atomic E-state index is 0.0289. The van der Waals surface area contributed by atoms with Crippen LogP contribution in [0.15, 0.2) is 86.4 Å². The van der Waals surface area contributed by atoms with Crippen LogP contribution in [0, 0.1) is 18.8 Å². The number of fused-ring (bicyclic) bond motifs is 1. The van der Waals surface area contributed by atoms with Gasteiger partial charge in [-0.2, -0.15) is 5.11 Å². The monoisotopic (exact) mass is 541 g/mol. The molecule has 192 valence electrons. The van der Waals surface area contributed by atoms with Crippen LogP contribution in [0.5, 0.6) is 5.75 Å². The molecule has 0 bridgehead atoms. The standard InChI is InChI=1S/C30H27N3O3S2/c1-4-7-23(17-24-18-31-33-32-24)22-11-13-25(14-12-22)36-19-21-10-15-28-27(16-21)29(30(37-28)38(3,34)35)26-9-6-5-8-20(26)2/h5-6,8-16,23H,17-19H2,1-3H3/t23-/m0/s1. The van der Waals surface area contributed by atoms with Gasteiger partial charge >= 0.3 is 0 Å². The van der Waals surface area contributed by atoms with Crippen LogP contribution >= 0.6 is 11.3 Å². The van der Waals surface area contributed by atoms with Crippen LogP contribution in [-0.4, -0.2) is 26.9 Å². The number of rotatable bonds is 8. The molecule has 0 saturated heterocycles. The maximum absolute atomic E-state index is 12.7. The predicted molar refractivity (Wildman–Crippen MR) is 154 cm³/mol. The lowest BCUT2D eigenvalue weighted by Gasteiger charge is -2.12. The highest BCUT2D eigenvalue weighted by molar-refractivity contribution is 7.93. The second kappa shape index (κ2) is 10.9. The van der Waals surface area contributed by atoms with E-state index in [1.54, 1.807) is 0 Å². The van der Waals surface area contributed by atoms with E-state index >= 15 is 0 Å². The van der Waals surface area contributed by atoms with Gasteiger partial charge in [0.25, 0.3) is 0 Å². The first-order valence-electron chi connectivity index (χ1n) is 12.2. The normalized spacial score (nSPS) is 13.7. The van der Waals surface area contributed by atoms with Crippen LogP contribution in [0.2, 0.25) is 0 Å². The molecule has 0 fully saturated rings. The van der Waals surface area contributed by atoms with Crippen molar-refractivity contribution in [3.8, 4) is 28.7 Å². The molecule has 38 heavy (non-hydrogen) atoms. The van der Waals surface area contributed by atoms with E-state index in [4.69, 9.17) is 4.74 Å². The Morgan fingerprint density at radius 3 is 2.55 bits per heavy atom. The van der Waals surface area contributed by atoms with Crippen LogP contribution in [0.4, 0.5) is 0 Å². The molecule has 0 saturated carbocycles. The number of nitrogens with zero attached hydrogens (tertiary/aromatic N) is 3. The molecule has 0 unspecified atom stereocenters. The molecule has 3 aromatic carbocycles. The first-order chi connectivity index (χ1) is 18.3. The first kappa shape index (κ1) is 25.8. The molecule has 4 aromatic rings. The molecular weight excluding hydrogens is 514 g/mol. The fraction of sp³-hybridized carbons (Fsp3) is 0.233. The smallest absolute Gasteiger partial charge is 0.185 e. The van der Waals surface area contributed by atoms with Crippen molar-refractivity contribution in [3.05, 3.63) is 83.4 Å². The van der Waals surface area contributed by atoms with Gasteiger partial charge in [-0.3, -0.25) is 0 Å². The van der Waals surface area contributed by atoms with Crippen molar-refractivity contribution in [2.24, 2.45) is 15.4 Å². The van der Waals surface area contributed by atoms with Gasteiger partial charge in [0.05, 0.1) is 11.6 Å². The van der Waals surface area contributed by atoms with Crippen LogP contribution in [0.1, 0.15) is 36.0 Å². The molecule has 1 atom stereocenters. The molecule has 1 aliphatic rings. The van der Waals surface area contributed by atoms with E-state index in [0.29, 0.717) is 23.8 Å². The largest absolute Gasteiger partial charge is 0.489 e. The zero-order valence-electron chi connectivity index (χ0n) is 21.4. The van der Waals surface area contributed by atoms with Crippen LogP contribution in [0.3, 0.4) is 0 Å². The van der Waals surface area contributed by atoms with Gasteiger partial charge in [0.1, 0.15) is 23.1 Å². The van der Waals surface area contributed by atoms with Gasteiger partial charge in [0.15, 0.2) is 9.84 Å². The number of aryl methyl sites for hydroxylation is 1. The van der Waals surface area contributed by atoms with Gasteiger partial charge in [0, 0.05) is 28.3 Å².